The van der Waals surface area contributed by atoms with Crippen LogP contribution in [0, 0.1) is 0 Å². The topological polar surface area (TPSA) is 29.5 Å². The number of hydrogen-bond acceptors (Lipinski definition) is 2. The van der Waals surface area contributed by atoms with E-state index in [4.69, 9.17) is 4.74 Å². The molecule has 0 aromatic heterocycles. The first-order chi connectivity index (χ1) is 6.78. The van der Waals surface area contributed by atoms with Gasteiger partial charge in [0.15, 0.2) is 0 Å². The number of alkyl halides is 3. The van der Waals surface area contributed by atoms with Gasteiger partial charge in [-0.1, -0.05) is 0 Å². The molecule has 1 unspecified atom stereocenters. The van der Waals surface area contributed by atoms with E-state index in [1.54, 1.807) is 6.92 Å². The number of rotatable bonds is 1. The Morgan fingerprint density at radius 1 is 1.47 bits per heavy atom. The lowest BCUT2D eigenvalue weighted by Crippen LogP contribution is -2.53. The summed E-state index contributed by atoms with van der Waals surface area (Å²) in [5, 5.41) is 0. The number of carbonyl (C=O) groups is 1. The van der Waals surface area contributed by atoms with Gasteiger partial charge in [-0.05, 0) is 19.8 Å². The average Bonchev–Trinajstić information content (AvgIpc) is 2.15. The van der Waals surface area contributed by atoms with E-state index < -0.39 is 17.7 Å². The zero-order valence-corrected chi connectivity index (χ0v) is 8.73. The number of methoxy groups -OCH3 is 1. The maximum absolute atomic E-state index is 12.2. The van der Waals surface area contributed by atoms with Crippen LogP contribution in [0.1, 0.15) is 19.8 Å². The molecule has 6 heteroatoms. The molecular weight excluding hydrogens is 211 g/mol. The Balaban J connectivity index is 2.69. The third-order valence-electron chi connectivity index (χ3n) is 2.68. The van der Waals surface area contributed by atoms with E-state index in [0.717, 1.165) is 4.90 Å². The Kier molecular flexibility index (Phi) is 3.28. The zero-order chi connectivity index (χ0) is 11.7. The highest BCUT2D eigenvalue weighted by Crippen LogP contribution is 2.27. The predicted molar refractivity (Wildman–Crippen MR) is 47.3 cm³/mol. The Labute approximate surface area is 86.2 Å². The fraction of sp³-hybridized carbons (Fsp3) is 0.889. The van der Waals surface area contributed by atoms with Crippen LogP contribution < -0.4 is 0 Å². The molecule has 88 valence electrons. The zero-order valence-electron chi connectivity index (χ0n) is 8.73. The third kappa shape index (κ3) is 2.84. The van der Waals surface area contributed by atoms with Crippen LogP contribution in [0.2, 0.25) is 0 Å². The van der Waals surface area contributed by atoms with Crippen molar-refractivity contribution in [2.24, 2.45) is 0 Å². The summed E-state index contributed by atoms with van der Waals surface area (Å²) in [6.07, 6.45) is -3.58. The smallest absolute Gasteiger partial charge is 0.377 e. The van der Waals surface area contributed by atoms with E-state index in [2.05, 4.69) is 0 Å². The van der Waals surface area contributed by atoms with Gasteiger partial charge in [-0.25, -0.2) is 0 Å². The summed E-state index contributed by atoms with van der Waals surface area (Å²) in [6.45, 7) is 1.86. The summed E-state index contributed by atoms with van der Waals surface area (Å²) in [5.41, 5.74) is -0.654. The molecular formula is C9H14F3NO2. The number of halogens is 3. The van der Waals surface area contributed by atoms with E-state index in [-0.39, 0.29) is 13.1 Å². The van der Waals surface area contributed by atoms with Gasteiger partial charge >= 0.3 is 12.1 Å². The van der Waals surface area contributed by atoms with Crippen molar-refractivity contribution in [1.82, 2.24) is 4.90 Å². The molecule has 1 amide bonds. The fourth-order valence-corrected chi connectivity index (χ4v) is 1.72. The summed E-state index contributed by atoms with van der Waals surface area (Å²) < 4.78 is 41.6. The molecule has 0 aromatic carbocycles. The first kappa shape index (κ1) is 12.3. The van der Waals surface area contributed by atoms with Gasteiger partial charge in [0, 0.05) is 20.2 Å². The van der Waals surface area contributed by atoms with Crippen molar-refractivity contribution in [1.29, 1.82) is 0 Å². The summed E-state index contributed by atoms with van der Waals surface area (Å²) in [5.74, 6) is -1.77. The molecule has 1 rings (SSSR count). The highest BCUT2D eigenvalue weighted by Gasteiger charge is 2.45. The van der Waals surface area contributed by atoms with Crippen molar-refractivity contribution in [3.8, 4) is 0 Å². The number of amides is 1. The fourth-order valence-electron chi connectivity index (χ4n) is 1.72. The van der Waals surface area contributed by atoms with Gasteiger partial charge in [0.25, 0.3) is 0 Å². The Hall–Kier alpha value is -0.780. The first-order valence-corrected chi connectivity index (χ1v) is 4.70. The van der Waals surface area contributed by atoms with Crippen LogP contribution in [0.15, 0.2) is 0 Å². The number of carbonyl (C=O) groups excluding carboxylic acids is 1. The highest BCUT2D eigenvalue weighted by atomic mass is 19.4. The molecule has 0 bridgehead atoms. The molecule has 0 aromatic rings. The second kappa shape index (κ2) is 4.00. The van der Waals surface area contributed by atoms with Crippen LogP contribution >= 0.6 is 0 Å². The lowest BCUT2D eigenvalue weighted by molar-refractivity contribution is -0.191. The molecule has 1 heterocycles. The Bertz CT molecular complexity index is 254. The molecule has 0 N–H and O–H groups in total. The van der Waals surface area contributed by atoms with Gasteiger partial charge in [0.2, 0.25) is 0 Å². The minimum atomic E-state index is -4.79. The molecule has 0 aliphatic carbocycles. The second-order valence-electron chi connectivity index (χ2n) is 3.98. The predicted octanol–water partition coefficient (Wildman–Crippen LogP) is 1.58. The van der Waals surface area contributed by atoms with Crippen LogP contribution in [0.25, 0.3) is 0 Å². The monoisotopic (exact) mass is 225 g/mol. The molecule has 0 spiro atoms. The van der Waals surface area contributed by atoms with Crippen molar-refractivity contribution in [2.75, 3.05) is 20.2 Å². The normalized spacial score (nSPS) is 27.9. The van der Waals surface area contributed by atoms with Gasteiger partial charge in [0.05, 0.1) is 5.60 Å². The summed E-state index contributed by atoms with van der Waals surface area (Å²) in [4.78, 5) is 11.8. The van der Waals surface area contributed by atoms with Gasteiger partial charge in [-0.15, -0.1) is 0 Å². The van der Waals surface area contributed by atoms with E-state index in [9.17, 15) is 18.0 Å². The molecule has 0 saturated carbocycles. The van der Waals surface area contributed by atoms with Gasteiger partial charge in [-0.3, -0.25) is 4.79 Å². The van der Waals surface area contributed by atoms with Gasteiger partial charge < -0.3 is 9.64 Å². The second-order valence-corrected chi connectivity index (χ2v) is 3.98. The van der Waals surface area contributed by atoms with Crippen LogP contribution in [0.4, 0.5) is 13.2 Å². The number of likely N-dealkylation sites (tertiary alicyclic amines) is 1. The lowest BCUT2D eigenvalue weighted by Gasteiger charge is -2.39. The van der Waals surface area contributed by atoms with Crippen LogP contribution in [0.3, 0.4) is 0 Å². The maximum Gasteiger partial charge on any atom is 0.471 e. The van der Waals surface area contributed by atoms with Crippen molar-refractivity contribution < 1.29 is 22.7 Å². The van der Waals surface area contributed by atoms with E-state index in [1.165, 1.54) is 7.11 Å². The standard InChI is InChI=1S/C9H14F3NO2/c1-8(15-2)4-3-5-13(6-8)7(14)9(10,11)12/h3-6H2,1-2H3. The van der Waals surface area contributed by atoms with Crippen molar-refractivity contribution >= 4 is 5.91 Å². The molecule has 1 aliphatic rings. The van der Waals surface area contributed by atoms with Crippen LogP contribution in [-0.4, -0.2) is 42.8 Å². The van der Waals surface area contributed by atoms with Crippen LogP contribution in [-0.2, 0) is 9.53 Å². The summed E-state index contributed by atoms with van der Waals surface area (Å²) in [7, 11) is 1.45. The largest absolute Gasteiger partial charge is 0.471 e. The van der Waals surface area contributed by atoms with E-state index in [1.807, 2.05) is 0 Å². The lowest BCUT2D eigenvalue weighted by atomic mass is 9.95. The molecule has 1 fully saturated rings. The quantitative estimate of drug-likeness (QED) is 0.678. The molecule has 1 saturated heterocycles. The molecule has 1 atom stereocenters. The van der Waals surface area contributed by atoms with E-state index in [0.29, 0.717) is 12.8 Å². The summed E-state index contributed by atoms with van der Waals surface area (Å²) >= 11 is 0. The number of hydrogen-bond donors (Lipinski definition) is 0. The van der Waals surface area contributed by atoms with Crippen molar-refractivity contribution in [3.63, 3.8) is 0 Å². The molecule has 15 heavy (non-hydrogen) atoms. The highest BCUT2D eigenvalue weighted by molar-refractivity contribution is 5.82. The van der Waals surface area contributed by atoms with Gasteiger partial charge in [0.1, 0.15) is 0 Å². The molecule has 3 nitrogen and oxygen atoms in total. The summed E-state index contributed by atoms with van der Waals surface area (Å²) in [6, 6.07) is 0. The van der Waals surface area contributed by atoms with E-state index >= 15 is 0 Å². The number of ether oxygens (including phenoxy) is 1. The Morgan fingerprint density at radius 2 is 2.07 bits per heavy atom. The molecule has 1 aliphatic heterocycles. The number of nitrogens with zero attached hydrogens (tertiary/aromatic N) is 1. The maximum atomic E-state index is 12.2. The van der Waals surface area contributed by atoms with Crippen molar-refractivity contribution in [3.05, 3.63) is 0 Å². The minimum absolute atomic E-state index is 0.00183. The van der Waals surface area contributed by atoms with Gasteiger partial charge in [-0.2, -0.15) is 13.2 Å². The SMILES string of the molecule is COC1(C)CCCN(C(=O)C(F)(F)F)C1. The molecule has 0 radical (unpaired) electrons. The Morgan fingerprint density at radius 3 is 2.53 bits per heavy atom. The first-order valence-electron chi connectivity index (χ1n) is 4.70. The van der Waals surface area contributed by atoms with Crippen LogP contribution in [0.5, 0.6) is 0 Å². The minimum Gasteiger partial charge on any atom is -0.377 e. The average molecular weight is 225 g/mol. The van der Waals surface area contributed by atoms with Crippen molar-refractivity contribution in [2.45, 2.75) is 31.5 Å². The number of piperidine rings is 1. The third-order valence-corrected chi connectivity index (χ3v) is 2.68.